The molecule has 1 aliphatic carbocycles. The molecule has 138 valence electrons. The molecule has 5 heteroatoms. The molecule has 1 aromatic heterocycles. The van der Waals surface area contributed by atoms with Gasteiger partial charge in [-0.25, -0.2) is 0 Å². The monoisotopic (exact) mass is 353 g/mol. The molecule has 1 aliphatic heterocycles. The van der Waals surface area contributed by atoms with Gasteiger partial charge in [0.05, 0.1) is 23.9 Å². The number of piperazine rings is 1. The number of carbonyl (C=O) groups excluding carboxylic acids is 1. The Bertz CT molecular complexity index is 806. The number of ether oxygens (including phenoxy) is 1. The third kappa shape index (κ3) is 3.28. The third-order valence-electron chi connectivity index (χ3n) is 5.89. The normalized spacial score (nSPS) is 19.2. The van der Waals surface area contributed by atoms with Gasteiger partial charge in [0, 0.05) is 43.7 Å². The van der Waals surface area contributed by atoms with Crippen LogP contribution in [0.15, 0.2) is 24.3 Å². The predicted molar refractivity (Wildman–Crippen MR) is 103 cm³/mol. The van der Waals surface area contributed by atoms with Crippen molar-refractivity contribution in [3.05, 3.63) is 35.5 Å². The van der Waals surface area contributed by atoms with Crippen LogP contribution in [0, 0.1) is 6.92 Å². The van der Waals surface area contributed by atoms with Crippen LogP contribution in [-0.4, -0.2) is 60.0 Å². The summed E-state index contributed by atoms with van der Waals surface area (Å²) in [5.41, 5.74) is 2.37. The fraction of sp³-hybridized carbons (Fsp3) is 0.524. The van der Waals surface area contributed by atoms with E-state index in [1.165, 1.54) is 25.7 Å². The minimum absolute atomic E-state index is 0.110. The molecule has 4 rings (SSSR count). The van der Waals surface area contributed by atoms with Crippen molar-refractivity contribution >= 4 is 16.8 Å². The van der Waals surface area contributed by atoms with Crippen LogP contribution >= 0.6 is 0 Å². The molecule has 0 spiro atoms. The molecule has 1 aromatic carbocycles. The minimum atomic E-state index is 0.110. The van der Waals surface area contributed by atoms with Crippen molar-refractivity contribution < 1.29 is 9.53 Å². The fourth-order valence-corrected chi connectivity index (χ4v) is 4.32. The summed E-state index contributed by atoms with van der Waals surface area (Å²) in [4.78, 5) is 22.3. The number of amides is 1. The van der Waals surface area contributed by atoms with Crippen molar-refractivity contribution in [2.24, 2.45) is 0 Å². The Balaban J connectivity index is 1.50. The molecule has 1 saturated heterocycles. The van der Waals surface area contributed by atoms with E-state index in [9.17, 15) is 4.79 Å². The number of benzene rings is 1. The standard InChI is InChI=1S/C21H27N3O2/c1-15-19(13-16-7-8-18(26-2)14-20(16)22-15)21(25)24-11-9-23(10-12-24)17-5-3-4-6-17/h7-8,13-14,17H,3-6,9-12H2,1-2H3. The number of methoxy groups -OCH3 is 1. The fourth-order valence-electron chi connectivity index (χ4n) is 4.32. The van der Waals surface area contributed by atoms with Gasteiger partial charge in [-0.05, 0) is 38.0 Å². The number of aryl methyl sites for hydroxylation is 1. The summed E-state index contributed by atoms with van der Waals surface area (Å²) in [7, 11) is 1.65. The molecule has 0 unspecified atom stereocenters. The molecule has 0 N–H and O–H groups in total. The van der Waals surface area contributed by atoms with E-state index in [-0.39, 0.29) is 5.91 Å². The average molecular weight is 353 g/mol. The maximum Gasteiger partial charge on any atom is 0.255 e. The zero-order chi connectivity index (χ0) is 18.1. The van der Waals surface area contributed by atoms with Gasteiger partial charge in [-0.2, -0.15) is 0 Å². The lowest BCUT2D eigenvalue weighted by molar-refractivity contribution is 0.0572. The second-order valence-electron chi connectivity index (χ2n) is 7.45. The highest BCUT2D eigenvalue weighted by molar-refractivity contribution is 5.98. The van der Waals surface area contributed by atoms with Crippen molar-refractivity contribution in [2.45, 2.75) is 38.6 Å². The highest BCUT2D eigenvalue weighted by Gasteiger charge is 2.28. The van der Waals surface area contributed by atoms with Crippen LogP contribution in [0.5, 0.6) is 5.75 Å². The molecule has 5 nitrogen and oxygen atoms in total. The van der Waals surface area contributed by atoms with Crippen molar-refractivity contribution in [2.75, 3.05) is 33.3 Å². The first kappa shape index (κ1) is 17.3. The quantitative estimate of drug-likeness (QED) is 0.850. The zero-order valence-electron chi connectivity index (χ0n) is 15.7. The number of carbonyl (C=O) groups is 1. The molecule has 2 heterocycles. The van der Waals surface area contributed by atoms with Crippen LogP contribution in [-0.2, 0) is 0 Å². The maximum absolute atomic E-state index is 13.1. The van der Waals surface area contributed by atoms with Gasteiger partial charge < -0.3 is 9.64 Å². The van der Waals surface area contributed by atoms with Gasteiger partial charge in [-0.3, -0.25) is 14.7 Å². The molecule has 26 heavy (non-hydrogen) atoms. The van der Waals surface area contributed by atoms with Crippen LogP contribution in [0.25, 0.3) is 10.9 Å². The van der Waals surface area contributed by atoms with Crippen LogP contribution in [0.1, 0.15) is 41.7 Å². The topological polar surface area (TPSA) is 45.7 Å². The van der Waals surface area contributed by atoms with Gasteiger partial charge in [0.25, 0.3) is 5.91 Å². The second kappa shape index (κ2) is 7.23. The highest BCUT2D eigenvalue weighted by atomic mass is 16.5. The van der Waals surface area contributed by atoms with Crippen LogP contribution in [0.4, 0.5) is 0 Å². The maximum atomic E-state index is 13.1. The number of rotatable bonds is 3. The number of hydrogen-bond donors (Lipinski definition) is 0. The van der Waals surface area contributed by atoms with E-state index in [1.807, 2.05) is 36.1 Å². The van der Waals surface area contributed by atoms with Gasteiger partial charge in [-0.15, -0.1) is 0 Å². The number of hydrogen-bond acceptors (Lipinski definition) is 4. The molecule has 2 fully saturated rings. The molecule has 1 saturated carbocycles. The first-order valence-corrected chi connectivity index (χ1v) is 9.64. The summed E-state index contributed by atoms with van der Waals surface area (Å²) in [6.07, 6.45) is 5.36. The zero-order valence-corrected chi connectivity index (χ0v) is 15.7. The largest absolute Gasteiger partial charge is 0.497 e. The summed E-state index contributed by atoms with van der Waals surface area (Å²) in [5, 5.41) is 0.976. The van der Waals surface area contributed by atoms with Crippen molar-refractivity contribution in [3.63, 3.8) is 0 Å². The lowest BCUT2D eigenvalue weighted by Crippen LogP contribution is -2.51. The van der Waals surface area contributed by atoms with E-state index in [2.05, 4.69) is 9.88 Å². The van der Waals surface area contributed by atoms with E-state index in [0.29, 0.717) is 0 Å². The summed E-state index contributed by atoms with van der Waals surface area (Å²) >= 11 is 0. The van der Waals surface area contributed by atoms with Crippen molar-refractivity contribution in [1.82, 2.24) is 14.8 Å². The number of fused-ring (bicyclic) bond motifs is 1. The summed E-state index contributed by atoms with van der Waals surface area (Å²) in [6, 6.07) is 8.51. The number of aromatic nitrogens is 1. The Labute approximate surface area is 154 Å². The Morgan fingerprint density at radius 1 is 1.12 bits per heavy atom. The third-order valence-corrected chi connectivity index (χ3v) is 5.89. The SMILES string of the molecule is COc1ccc2cc(C(=O)N3CCN(C4CCCC4)CC3)c(C)nc2c1. The van der Waals surface area contributed by atoms with Gasteiger partial charge in [0.2, 0.25) is 0 Å². The Hall–Kier alpha value is -2.14. The van der Waals surface area contributed by atoms with Crippen LogP contribution in [0.3, 0.4) is 0 Å². The van der Waals surface area contributed by atoms with E-state index >= 15 is 0 Å². The predicted octanol–water partition coefficient (Wildman–Crippen LogP) is 3.25. The average Bonchev–Trinajstić information content (AvgIpc) is 3.21. The van der Waals surface area contributed by atoms with Gasteiger partial charge in [0.1, 0.15) is 5.75 Å². The first-order valence-electron chi connectivity index (χ1n) is 9.64. The van der Waals surface area contributed by atoms with Gasteiger partial charge in [-0.1, -0.05) is 12.8 Å². The van der Waals surface area contributed by atoms with Crippen LogP contribution in [0.2, 0.25) is 0 Å². The first-order chi connectivity index (χ1) is 12.7. The molecule has 2 aromatic rings. The van der Waals surface area contributed by atoms with Crippen molar-refractivity contribution in [1.29, 1.82) is 0 Å². The molecular weight excluding hydrogens is 326 g/mol. The smallest absolute Gasteiger partial charge is 0.255 e. The van der Waals surface area contributed by atoms with Crippen LogP contribution < -0.4 is 4.74 Å². The number of nitrogens with zero attached hydrogens (tertiary/aromatic N) is 3. The van der Waals surface area contributed by atoms with E-state index in [0.717, 1.165) is 60.1 Å². The Kier molecular flexibility index (Phi) is 4.81. The summed E-state index contributed by atoms with van der Waals surface area (Å²) in [6.45, 7) is 5.53. The second-order valence-corrected chi connectivity index (χ2v) is 7.45. The summed E-state index contributed by atoms with van der Waals surface area (Å²) in [5.74, 6) is 0.894. The van der Waals surface area contributed by atoms with Gasteiger partial charge >= 0.3 is 0 Å². The summed E-state index contributed by atoms with van der Waals surface area (Å²) < 4.78 is 5.27. The van der Waals surface area contributed by atoms with Gasteiger partial charge in [0.15, 0.2) is 0 Å². The molecule has 1 amide bonds. The van der Waals surface area contributed by atoms with E-state index < -0.39 is 0 Å². The van der Waals surface area contributed by atoms with E-state index in [4.69, 9.17) is 4.74 Å². The minimum Gasteiger partial charge on any atom is -0.497 e. The highest BCUT2D eigenvalue weighted by Crippen LogP contribution is 2.26. The molecule has 0 bridgehead atoms. The van der Waals surface area contributed by atoms with E-state index in [1.54, 1.807) is 7.11 Å². The number of pyridine rings is 1. The van der Waals surface area contributed by atoms with Crippen molar-refractivity contribution in [3.8, 4) is 5.75 Å². The molecule has 0 radical (unpaired) electrons. The lowest BCUT2D eigenvalue weighted by Gasteiger charge is -2.38. The molecule has 0 atom stereocenters. The molecular formula is C21H27N3O2. The molecule has 2 aliphatic rings. The lowest BCUT2D eigenvalue weighted by atomic mass is 10.1. The Morgan fingerprint density at radius 3 is 2.54 bits per heavy atom. The Morgan fingerprint density at radius 2 is 1.85 bits per heavy atom.